The molecule has 0 bridgehead atoms. The minimum absolute atomic E-state index is 0.210. The first-order chi connectivity index (χ1) is 16.2. The van der Waals surface area contributed by atoms with E-state index in [0.29, 0.717) is 31.6 Å². The van der Waals surface area contributed by atoms with Gasteiger partial charge < -0.3 is 10.2 Å². The molecule has 2 rings (SSSR count). The lowest BCUT2D eigenvalue weighted by atomic mass is 10.1. The molecule has 1 atom stereocenters. The molecule has 0 saturated carbocycles. The van der Waals surface area contributed by atoms with Crippen molar-refractivity contribution in [1.29, 1.82) is 0 Å². The molecule has 0 aromatic heterocycles. The summed E-state index contributed by atoms with van der Waals surface area (Å²) < 4.78 is 26.3. The number of carbonyl (C=O) groups excluding carboxylic acids is 2. The normalized spacial score (nSPS) is 12.1. The Morgan fingerprint density at radius 3 is 2.21 bits per heavy atom. The van der Waals surface area contributed by atoms with Gasteiger partial charge in [-0.1, -0.05) is 68.3 Å². The molecular formula is C26H37N3O4S. The second-order valence-electron chi connectivity index (χ2n) is 8.50. The molecule has 7 nitrogen and oxygen atoms in total. The van der Waals surface area contributed by atoms with Crippen molar-refractivity contribution < 1.29 is 18.0 Å². The summed E-state index contributed by atoms with van der Waals surface area (Å²) in [6.07, 6.45) is 3.89. The highest BCUT2D eigenvalue weighted by Gasteiger charge is 2.31. The topological polar surface area (TPSA) is 86.8 Å². The molecule has 0 spiro atoms. The Morgan fingerprint density at radius 2 is 1.65 bits per heavy atom. The summed E-state index contributed by atoms with van der Waals surface area (Å²) in [5.74, 6) is -0.613. The standard InChI is InChI=1S/C26H37N3O4S/c1-5-7-18-27-26(31)24(6-2)28(19-17-22-11-9-8-10-12-22)25(30)20-29(34(4,32)33)23-15-13-21(3)14-16-23/h8-16,24H,5-7,17-20H2,1-4H3,(H,27,31). The van der Waals surface area contributed by atoms with Crippen LogP contribution in [0, 0.1) is 6.92 Å². The molecular weight excluding hydrogens is 450 g/mol. The number of rotatable bonds is 13. The highest BCUT2D eigenvalue weighted by molar-refractivity contribution is 7.92. The molecule has 0 heterocycles. The third kappa shape index (κ3) is 8.17. The van der Waals surface area contributed by atoms with Crippen LogP contribution in [0.15, 0.2) is 54.6 Å². The maximum absolute atomic E-state index is 13.5. The van der Waals surface area contributed by atoms with E-state index in [1.165, 1.54) is 4.90 Å². The maximum atomic E-state index is 13.5. The minimum Gasteiger partial charge on any atom is -0.354 e. The second-order valence-corrected chi connectivity index (χ2v) is 10.4. The number of anilines is 1. The number of nitrogens with one attached hydrogen (secondary N) is 1. The first-order valence-electron chi connectivity index (χ1n) is 11.8. The number of nitrogens with zero attached hydrogens (tertiary/aromatic N) is 2. The van der Waals surface area contributed by atoms with Crippen molar-refractivity contribution in [3.05, 3.63) is 65.7 Å². The lowest BCUT2D eigenvalue weighted by molar-refractivity contribution is -0.139. The highest BCUT2D eigenvalue weighted by atomic mass is 32.2. The van der Waals surface area contributed by atoms with E-state index >= 15 is 0 Å². The Morgan fingerprint density at radius 1 is 1.00 bits per heavy atom. The highest BCUT2D eigenvalue weighted by Crippen LogP contribution is 2.19. The monoisotopic (exact) mass is 487 g/mol. The van der Waals surface area contributed by atoms with Gasteiger partial charge in [-0.3, -0.25) is 13.9 Å². The van der Waals surface area contributed by atoms with Crippen LogP contribution in [0.1, 0.15) is 44.2 Å². The molecule has 2 amide bonds. The van der Waals surface area contributed by atoms with Gasteiger partial charge in [0.15, 0.2) is 0 Å². The van der Waals surface area contributed by atoms with Crippen LogP contribution in [0.25, 0.3) is 0 Å². The van der Waals surface area contributed by atoms with E-state index in [2.05, 4.69) is 5.32 Å². The van der Waals surface area contributed by atoms with Crippen LogP contribution in [0.5, 0.6) is 0 Å². The molecule has 2 aromatic rings. The summed E-state index contributed by atoms with van der Waals surface area (Å²) in [4.78, 5) is 28.0. The van der Waals surface area contributed by atoms with Gasteiger partial charge >= 0.3 is 0 Å². The SMILES string of the molecule is CCCCNC(=O)C(CC)N(CCc1ccccc1)C(=O)CN(c1ccc(C)cc1)S(C)(=O)=O. The number of unbranched alkanes of at least 4 members (excludes halogenated alkanes) is 1. The van der Waals surface area contributed by atoms with Crippen molar-refractivity contribution in [3.63, 3.8) is 0 Å². The van der Waals surface area contributed by atoms with Crippen molar-refractivity contribution in [1.82, 2.24) is 10.2 Å². The number of hydrogen-bond donors (Lipinski definition) is 1. The zero-order chi connectivity index (χ0) is 25.1. The van der Waals surface area contributed by atoms with Crippen LogP contribution in [-0.2, 0) is 26.0 Å². The van der Waals surface area contributed by atoms with Gasteiger partial charge in [0.05, 0.1) is 11.9 Å². The van der Waals surface area contributed by atoms with Crippen LogP contribution >= 0.6 is 0 Å². The van der Waals surface area contributed by atoms with Crippen molar-refractivity contribution >= 4 is 27.5 Å². The zero-order valence-electron chi connectivity index (χ0n) is 20.7. The lowest BCUT2D eigenvalue weighted by Gasteiger charge is -2.33. The van der Waals surface area contributed by atoms with Crippen molar-refractivity contribution in [2.45, 2.75) is 52.5 Å². The van der Waals surface area contributed by atoms with E-state index in [1.807, 2.05) is 51.1 Å². The molecule has 0 saturated heterocycles. The van der Waals surface area contributed by atoms with Crippen molar-refractivity contribution in [2.24, 2.45) is 0 Å². The Hall–Kier alpha value is -2.87. The smallest absolute Gasteiger partial charge is 0.244 e. The van der Waals surface area contributed by atoms with Crippen LogP contribution in [0.4, 0.5) is 5.69 Å². The molecule has 1 N–H and O–H groups in total. The second kappa shape index (κ2) is 13.1. The first kappa shape index (κ1) is 27.4. The molecule has 0 aliphatic carbocycles. The number of carbonyl (C=O) groups is 2. The Balaban J connectivity index is 2.31. The maximum Gasteiger partial charge on any atom is 0.244 e. The summed E-state index contributed by atoms with van der Waals surface area (Å²) in [5.41, 5.74) is 2.45. The lowest BCUT2D eigenvalue weighted by Crippen LogP contribution is -2.53. The summed E-state index contributed by atoms with van der Waals surface area (Å²) in [5, 5.41) is 2.92. The fraction of sp³-hybridized carbons (Fsp3) is 0.462. The van der Waals surface area contributed by atoms with E-state index in [0.717, 1.165) is 34.5 Å². The molecule has 0 radical (unpaired) electrons. The molecule has 8 heteroatoms. The predicted molar refractivity (Wildman–Crippen MR) is 137 cm³/mol. The molecule has 0 aliphatic heterocycles. The number of amides is 2. The number of sulfonamides is 1. The van der Waals surface area contributed by atoms with Gasteiger partial charge in [-0.05, 0) is 43.9 Å². The van der Waals surface area contributed by atoms with Gasteiger partial charge in [0.2, 0.25) is 21.8 Å². The van der Waals surface area contributed by atoms with Gasteiger partial charge in [0.1, 0.15) is 12.6 Å². The molecule has 0 aliphatic rings. The third-order valence-corrected chi connectivity index (χ3v) is 6.84. The van der Waals surface area contributed by atoms with Crippen LogP contribution in [-0.4, -0.2) is 57.1 Å². The Bertz CT molecular complexity index is 1020. The van der Waals surface area contributed by atoms with E-state index in [1.54, 1.807) is 24.3 Å². The van der Waals surface area contributed by atoms with Gasteiger partial charge in [-0.15, -0.1) is 0 Å². The number of hydrogen-bond acceptors (Lipinski definition) is 4. The number of aryl methyl sites for hydroxylation is 1. The van der Waals surface area contributed by atoms with Gasteiger partial charge in [-0.2, -0.15) is 0 Å². The van der Waals surface area contributed by atoms with E-state index in [4.69, 9.17) is 0 Å². The van der Waals surface area contributed by atoms with E-state index in [-0.39, 0.29) is 12.5 Å². The quantitative estimate of drug-likeness (QED) is 0.438. The summed E-state index contributed by atoms with van der Waals surface area (Å²) in [6, 6.07) is 16.0. The first-order valence-corrected chi connectivity index (χ1v) is 13.7. The molecule has 186 valence electrons. The Kier molecular flexibility index (Phi) is 10.6. The minimum atomic E-state index is -3.71. The predicted octanol–water partition coefficient (Wildman–Crippen LogP) is 3.53. The van der Waals surface area contributed by atoms with E-state index < -0.39 is 22.0 Å². The molecule has 1 unspecified atom stereocenters. The van der Waals surface area contributed by atoms with Crippen LogP contribution < -0.4 is 9.62 Å². The molecule has 0 fully saturated rings. The molecule has 2 aromatic carbocycles. The summed E-state index contributed by atoms with van der Waals surface area (Å²) in [7, 11) is -3.71. The average Bonchev–Trinajstić information content (AvgIpc) is 2.80. The molecule has 34 heavy (non-hydrogen) atoms. The van der Waals surface area contributed by atoms with Crippen LogP contribution in [0.2, 0.25) is 0 Å². The summed E-state index contributed by atoms with van der Waals surface area (Å²) in [6.45, 7) is 6.31. The van der Waals surface area contributed by atoms with Crippen molar-refractivity contribution in [3.8, 4) is 0 Å². The average molecular weight is 488 g/mol. The fourth-order valence-electron chi connectivity index (χ4n) is 3.73. The fourth-order valence-corrected chi connectivity index (χ4v) is 4.58. The largest absolute Gasteiger partial charge is 0.354 e. The number of benzene rings is 2. The Labute approximate surface area is 204 Å². The third-order valence-electron chi connectivity index (χ3n) is 5.70. The summed E-state index contributed by atoms with van der Waals surface area (Å²) >= 11 is 0. The van der Waals surface area contributed by atoms with Gasteiger partial charge in [0, 0.05) is 13.1 Å². The van der Waals surface area contributed by atoms with Crippen LogP contribution in [0.3, 0.4) is 0 Å². The van der Waals surface area contributed by atoms with E-state index in [9.17, 15) is 18.0 Å². The van der Waals surface area contributed by atoms with Gasteiger partial charge in [0.25, 0.3) is 0 Å². The zero-order valence-corrected chi connectivity index (χ0v) is 21.5. The van der Waals surface area contributed by atoms with Crippen molar-refractivity contribution in [2.75, 3.05) is 30.2 Å². The van der Waals surface area contributed by atoms with Gasteiger partial charge in [-0.25, -0.2) is 8.42 Å².